The van der Waals surface area contributed by atoms with E-state index in [1.54, 1.807) is 13.1 Å². The highest BCUT2D eigenvalue weighted by atomic mass is 79.9. The van der Waals surface area contributed by atoms with Gasteiger partial charge in [-0.05, 0) is 42.8 Å². The number of halogens is 1. The first-order valence-corrected chi connectivity index (χ1v) is 10.2. The van der Waals surface area contributed by atoms with Gasteiger partial charge in [-0.3, -0.25) is 9.89 Å². The molecule has 156 valence electrons. The van der Waals surface area contributed by atoms with Gasteiger partial charge in [-0.15, -0.1) is 0 Å². The van der Waals surface area contributed by atoms with Crippen molar-refractivity contribution in [1.29, 1.82) is 0 Å². The van der Waals surface area contributed by atoms with Gasteiger partial charge in [-0.1, -0.05) is 40.2 Å². The Bertz CT molecular complexity index is 1000. The van der Waals surface area contributed by atoms with Gasteiger partial charge < -0.3 is 14.4 Å². The van der Waals surface area contributed by atoms with Gasteiger partial charge in [0, 0.05) is 23.6 Å². The van der Waals surface area contributed by atoms with E-state index in [1.807, 2.05) is 55.5 Å². The normalized spacial score (nSPS) is 10.5. The van der Waals surface area contributed by atoms with Gasteiger partial charge in [-0.2, -0.15) is 5.10 Å². The highest BCUT2D eigenvalue weighted by Crippen LogP contribution is 2.20. The number of aromatic nitrogens is 2. The van der Waals surface area contributed by atoms with Gasteiger partial charge in [0.05, 0.1) is 12.3 Å². The lowest BCUT2D eigenvalue weighted by atomic mass is 10.1. The van der Waals surface area contributed by atoms with Crippen molar-refractivity contribution in [3.8, 4) is 17.0 Å². The fourth-order valence-corrected chi connectivity index (χ4v) is 2.99. The van der Waals surface area contributed by atoms with Crippen LogP contribution in [0, 0.1) is 0 Å². The molecule has 8 heteroatoms. The van der Waals surface area contributed by atoms with Gasteiger partial charge in [0.15, 0.2) is 6.61 Å². The van der Waals surface area contributed by atoms with Crippen molar-refractivity contribution in [2.45, 2.75) is 13.5 Å². The van der Waals surface area contributed by atoms with Crippen molar-refractivity contribution >= 4 is 27.8 Å². The molecule has 0 bridgehead atoms. The maximum atomic E-state index is 12.3. The molecule has 1 N–H and O–H groups in total. The van der Waals surface area contributed by atoms with Crippen molar-refractivity contribution in [2.24, 2.45) is 0 Å². The quantitative estimate of drug-likeness (QED) is 0.500. The lowest BCUT2D eigenvalue weighted by molar-refractivity contribution is -0.133. The number of likely N-dealkylation sites (N-methyl/N-ethyl adjacent to an activating group) is 1. The van der Waals surface area contributed by atoms with E-state index in [1.165, 1.54) is 4.90 Å². The van der Waals surface area contributed by atoms with E-state index in [0.717, 1.165) is 21.3 Å². The van der Waals surface area contributed by atoms with E-state index in [9.17, 15) is 9.59 Å². The summed E-state index contributed by atoms with van der Waals surface area (Å²) in [5.41, 5.74) is 2.62. The predicted molar refractivity (Wildman–Crippen MR) is 116 cm³/mol. The highest BCUT2D eigenvalue weighted by Gasteiger charge is 2.16. The zero-order valence-electron chi connectivity index (χ0n) is 16.7. The smallest absolute Gasteiger partial charge is 0.356 e. The number of nitrogens with one attached hydrogen (secondary N) is 1. The average molecular weight is 472 g/mol. The first-order chi connectivity index (χ1) is 14.5. The zero-order chi connectivity index (χ0) is 21.5. The summed E-state index contributed by atoms with van der Waals surface area (Å²) in [6, 6.07) is 16.7. The van der Waals surface area contributed by atoms with Gasteiger partial charge in [-0.25, -0.2) is 4.79 Å². The lowest BCUT2D eigenvalue weighted by Crippen LogP contribution is -2.30. The molecule has 0 radical (unpaired) electrons. The third-order valence-electron chi connectivity index (χ3n) is 4.34. The molecular formula is C22H22BrN3O4. The Hall–Kier alpha value is -3.13. The number of benzene rings is 2. The second kappa shape index (κ2) is 10.1. The number of H-pyrrole nitrogens is 1. The van der Waals surface area contributed by atoms with Crippen molar-refractivity contribution in [3.63, 3.8) is 0 Å². The Kier molecular flexibility index (Phi) is 7.24. The summed E-state index contributed by atoms with van der Waals surface area (Å²) >= 11 is 3.38. The van der Waals surface area contributed by atoms with Crippen LogP contribution in [0.2, 0.25) is 0 Å². The molecule has 0 aliphatic carbocycles. The number of hydrogen-bond donors (Lipinski definition) is 1. The van der Waals surface area contributed by atoms with Crippen LogP contribution in [-0.2, 0) is 16.1 Å². The van der Waals surface area contributed by atoms with Gasteiger partial charge in [0.2, 0.25) is 0 Å². The SMILES string of the molecule is CCOc1ccc(CN(C)C(=O)COC(=O)c2cc(-c3ccc(Br)cc3)n[nH]2)cc1. The number of carbonyl (C=O) groups is 2. The monoisotopic (exact) mass is 471 g/mol. The highest BCUT2D eigenvalue weighted by molar-refractivity contribution is 9.10. The molecule has 0 spiro atoms. The van der Waals surface area contributed by atoms with Crippen LogP contribution in [0.25, 0.3) is 11.3 Å². The lowest BCUT2D eigenvalue weighted by Gasteiger charge is -2.17. The van der Waals surface area contributed by atoms with Crippen molar-refractivity contribution in [3.05, 3.63) is 70.3 Å². The molecule has 0 aliphatic heterocycles. The van der Waals surface area contributed by atoms with Crippen LogP contribution >= 0.6 is 15.9 Å². The largest absolute Gasteiger partial charge is 0.494 e. The summed E-state index contributed by atoms with van der Waals surface area (Å²) < 4.78 is 11.5. The molecule has 0 atom stereocenters. The Morgan fingerprint density at radius 1 is 1.10 bits per heavy atom. The first-order valence-electron chi connectivity index (χ1n) is 9.40. The van der Waals surface area contributed by atoms with Crippen LogP contribution in [-0.4, -0.2) is 47.2 Å². The Morgan fingerprint density at radius 3 is 2.47 bits per heavy atom. The van der Waals surface area contributed by atoms with E-state index in [-0.39, 0.29) is 18.2 Å². The number of nitrogens with zero attached hydrogens (tertiary/aromatic N) is 2. The van der Waals surface area contributed by atoms with E-state index < -0.39 is 5.97 Å². The van der Waals surface area contributed by atoms with Crippen LogP contribution in [0.5, 0.6) is 5.75 Å². The molecule has 7 nitrogen and oxygen atoms in total. The van der Waals surface area contributed by atoms with Crippen LogP contribution in [0.3, 0.4) is 0 Å². The molecular weight excluding hydrogens is 450 g/mol. The standard InChI is InChI=1S/C22H22BrN3O4/c1-3-29-18-10-4-15(5-11-18)13-26(2)21(27)14-30-22(28)20-12-19(24-25-20)16-6-8-17(23)9-7-16/h4-12H,3,13-14H2,1-2H3,(H,24,25). The summed E-state index contributed by atoms with van der Waals surface area (Å²) in [4.78, 5) is 26.1. The first kappa shape index (κ1) is 21.6. The maximum absolute atomic E-state index is 12.3. The molecule has 3 rings (SSSR count). The van der Waals surface area contributed by atoms with E-state index in [2.05, 4.69) is 26.1 Å². The van der Waals surface area contributed by atoms with Gasteiger partial charge in [0.25, 0.3) is 5.91 Å². The van der Waals surface area contributed by atoms with Crippen molar-refractivity contribution < 1.29 is 19.1 Å². The van der Waals surface area contributed by atoms with E-state index >= 15 is 0 Å². The molecule has 1 amide bonds. The van der Waals surface area contributed by atoms with E-state index in [4.69, 9.17) is 9.47 Å². The molecule has 1 aromatic heterocycles. The molecule has 3 aromatic rings. The molecule has 1 heterocycles. The predicted octanol–water partition coefficient (Wildman–Crippen LogP) is 4.05. The number of rotatable bonds is 8. The minimum atomic E-state index is -0.631. The summed E-state index contributed by atoms with van der Waals surface area (Å²) in [7, 11) is 1.66. The summed E-state index contributed by atoms with van der Waals surface area (Å²) in [6.45, 7) is 2.58. The number of amides is 1. The third kappa shape index (κ3) is 5.70. The minimum absolute atomic E-state index is 0.190. The minimum Gasteiger partial charge on any atom is -0.494 e. The summed E-state index contributed by atoms with van der Waals surface area (Å²) in [5, 5.41) is 6.78. The molecule has 2 aromatic carbocycles. The second-order valence-corrected chi connectivity index (χ2v) is 7.49. The zero-order valence-corrected chi connectivity index (χ0v) is 18.3. The fourth-order valence-electron chi connectivity index (χ4n) is 2.73. The number of ether oxygens (including phenoxy) is 2. The second-order valence-electron chi connectivity index (χ2n) is 6.58. The summed E-state index contributed by atoms with van der Waals surface area (Å²) in [6.07, 6.45) is 0. The third-order valence-corrected chi connectivity index (χ3v) is 4.87. The Morgan fingerprint density at radius 2 is 1.80 bits per heavy atom. The Balaban J connectivity index is 1.51. The van der Waals surface area contributed by atoms with Crippen LogP contribution in [0.4, 0.5) is 0 Å². The van der Waals surface area contributed by atoms with Crippen molar-refractivity contribution in [2.75, 3.05) is 20.3 Å². The summed E-state index contributed by atoms with van der Waals surface area (Å²) in [5.74, 6) is -0.148. The molecule has 0 saturated heterocycles. The van der Waals surface area contributed by atoms with Crippen molar-refractivity contribution in [1.82, 2.24) is 15.1 Å². The number of esters is 1. The Labute approximate surface area is 183 Å². The molecule has 0 fully saturated rings. The number of hydrogen-bond acceptors (Lipinski definition) is 5. The topological polar surface area (TPSA) is 84.5 Å². The van der Waals surface area contributed by atoms with E-state index in [0.29, 0.717) is 18.8 Å². The van der Waals surface area contributed by atoms with Crippen LogP contribution in [0.1, 0.15) is 23.0 Å². The average Bonchev–Trinajstić information content (AvgIpc) is 3.24. The molecule has 30 heavy (non-hydrogen) atoms. The number of carbonyl (C=O) groups excluding carboxylic acids is 2. The van der Waals surface area contributed by atoms with Gasteiger partial charge >= 0.3 is 5.97 Å². The fraction of sp³-hybridized carbons (Fsp3) is 0.227. The molecule has 0 unspecified atom stereocenters. The van der Waals surface area contributed by atoms with Crippen LogP contribution < -0.4 is 4.74 Å². The molecule has 0 aliphatic rings. The number of aromatic amines is 1. The maximum Gasteiger partial charge on any atom is 0.356 e. The van der Waals surface area contributed by atoms with Crippen LogP contribution in [0.15, 0.2) is 59.1 Å². The molecule has 0 saturated carbocycles. The van der Waals surface area contributed by atoms with Gasteiger partial charge in [0.1, 0.15) is 11.4 Å².